The Morgan fingerprint density at radius 3 is 2.52 bits per heavy atom. The van der Waals surface area contributed by atoms with Gasteiger partial charge in [0.2, 0.25) is 0 Å². The van der Waals surface area contributed by atoms with E-state index in [9.17, 15) is 15.0 Å². The normalized spacial score (nSPS) is 19.8. The van der Waals surface area contributed by atoms with Gasteiger partial charge in [-0.2, -0.15) is 0 Å². The maximum absolute atomic E-state index is 12.6. The predicted octanol–water partition coefficient (Wildman–Crippen LogP) is 2.44. The fourth-order valence-corrected chi connectivity index (χ4v) is 2.66. The van der Waals surface area contributed by atoms with E-state index in [1.165, 1.54) is 38.5 Å². The van der Waals surface area contributed by atoms with Gasteiger partial charge < -0.3 is 24.4 Å². The number of phenols is 2. The molecule has 120 valence electrons. The second-order valence-electron chi connectivity index (χ2n) is 5.17. The van der Waals surface area contributed by atoms with Gasteiger partial charge in [0.15, 0.2) is 29.5 Å². The highest BCUT2D eigenvalue weighted by molar-refractivity contribution is 6.03. The van der Waals surface area contributed by atoms with Gasteiger partial charge in [0, 0.05) is 13.2 Å². The van der Waals surface area contributed by atoms with E-state index in [0.717, 1.165) is 0 Å². The molecule has 0 radical (unpaired) electrons. The minimum absolute atomic E-state index is 0.00347. The van der Waals surface area contributed by atoms with Crippen LogP contribution in [0, 0.1) is 0 Å². The van der Waals surface area contributed by atoms with Crippen molar-refractivity contribution in [3.63, 3.8) is 0 Å². The van der Waals surface area contributed by atoms with E-state index in [2.05, 4.69) is 0 Å². The van der Waals surface area contributed by atoms with Crippen LogP contribution in [-0.4, -0.2) is 36.3 Å². The SMILES string of the molecule is COc1ccc(C2Oc3cc(O)ccc3C(=O)C2OC)cc1O. The first-order valence-corrected chi connectivity index (χ1v) is 6.98. The number of methoxy groups -OCH3 is 2. The zero-order chi connectivity index (χ0) is 16.6. The summed E-state index contributed by atoms with van der Waals surface area (Å²) in [5.41, 5.74) is 0.918. The molecule has 0 aromatic heterocycles. The molecule has 1 aliphatic heterocycles. The zero-order valence-electron chi connectivity index (χ0n) is 12.6. The Morgan fingerprint density at radius 2 is 1.87 bits per heavy atom. The lowest BCUT2D eigenvalue weighted by Crippen LogP contribution is -2.37. The van der Waals surface area contributed by atoms with Crippen molar-refractivity contribution in [1.82, 2.24) is 0 Å². The van der Waals surface area contributed by atoms with E-state index in [4.69, 9.17) is 14.2 Å². The maximum Gasteiger partial charge on any atom is 0.199 e. The summed E-state index contributed by atoms with van der Waals surface area (Å²) in [6, 6.07) is 9.05. The van der Waals surface area contributed by atoms with E-state index >= 15 is 0 Å². The van der Waals surface area contributed by atoms with Gasteiger partial charge in [-0.15, -0.1) is 0 Å². The number of benzene rings is 2. The van der Waals surface area contributed by atoms with E-state index in [1.54, 1.807) is 12.1 Å². The lowest BCUT2D eigenvalue weighted by atomic mass is 9.93. The number of aromatic hydroxyl groups is 2. The monoisotopic (exact) mass is 316 g/mol. The molecule has 0 saturated carbocycles. The summed E-state index contributed by atoms with van der Waals surface area (Å²) < 4.78 is 16.2. The average molecular weight is 316 g/mol. The van der Waals surface area contributed by atoms with Gasteiger partial charge in [-0.05, 0) is 29.8 Å². The van der Waals surface area contributed by atoms with Crippen molar-refractivity contribution in [3.8, 4) is 23.0 Å². The molecule has 0 fully saturated rings. The number of hydrogen-bond acceptors (Lipinski definition) is 6. The Kier molecular flexibility index (Phi) is 3.83. The van der Waals surface area contributed by atoms with E-state index < -0.39 is 12.2 Å². The summed E-state index contributed by atoms with van der Waals surface area (Å²) in [7, 11) is 2.88. The topological polar surface area (TPSA) is 85.2 Å². The van der Waals surface area contributed by atoms with Crippen molar-refractivity contribution < 1.29 is 29.2 Å². The number of carbonyl (C=O) groups excluding carboxylic acids is 1. The lowest BCUT2D eigenvalue weighted by Gasteiger charge is -2.32. The third-order valence-corrected chi connectivity index (χ3v) is 3.80. The van der Waals surface area contributed by atoms with Gasteiger partial charge in [0.1, 0.15) is 11.5 Å². The Balaban J connectivity index is 2.05. The molecule has 0 saturated heterocycles. The van der Waals surface area contributed by atoms with Gasteiger partial charge in [-0.3, -0.25) is 4.79 Å². The molecule has 6 heteroatoms. The summed E-state index contributed by atoms with van der Waals surface area (Å²) in [5, 5.41) is 19.5. The van der Waals surface area contributed by atoms with Gasteiger partial charge in [0.25, 0.3) is 0 Å². The van der Waals surface area contributed by atoms with E-state index in [0.29, 0.717) is 16.9 Å². The number of ketones is 1. The molecule has 0 bridgehead atoms. The average Bonchev–Trinajstić information content (AvgIpc) is 2.54. The molecule has 2 N–H and O–H groups in total. The standard InChI is InChI=1S/C17H16O6/c1-21-13-6-3-9(7-12(13)19)16-17(22-2)15(20)11-5-4-10(18)8-14(11)23-16/h3-8,16-19H,1-2H3. The van der Waals surface area contributed by atoms with Crippen LogP contribution in [0.5, 0.6) is 23.0 Å². The minimum Gasteiger partial charge on any atom is -0.508 e. The summed E-state index contributed by atoms with van der Waals surface area (Å²) in [5.74, 6) is 0.307. The molecule has 0 spiro atoms. The number of rotatable bonds is 3. The maximum atomic E-state index is 12.6. The van der Waals surface area contributed by atoms with Crippen molar-refractivity contribution >= 4 is 5.78 Å². The quantitative estimate of drug-likeness (QED) is 0.904. The van der Waals surface area contributed by atoms with E-state index in [-0.39, 0.29) is 23.0 Å². The van der Waals surface area contributed by atoms with Crippen LogP contribution in [0.15, 0.2) is 36.4 Å². The van der Waals surface area contributed by atoms with Crippen LogP contribution >= 0.6 is 0 Å². The van der Waals surface area contributed by atoms with Crippen molar-refractivity contribution in [1.29, 1.82) is 0 Å². The zero-order valence-corrected chi connectivity index (χ0v) is 12.6. The molecule has 23 heavy (non-hydrogen) atoms. The molecule has 2 atom stereocenters. The Bertz CT molecular complexity index is 755. The highest BCUT2D eigenvalue weighted by Gasteiger charge is 2.38. The number of Topliss-reactive ketones (excluding diaryl/α,β-unsaturated/α-hetero) is 1. The highest BCUT2D eigenvalue weighted by atomic mass is 16.5. The third-order valence-electron chi connectivity index (χ3n) is 3.80. The van der Waals surface area contributed by atoms with Crippen LogP contribution in [0.25, 0.3) is 0 Å². The van der Waals surface area contributed by atoms with Crippen LogP contribution < -0.4 is 9.47 Å². The highest BCUT2D eigenvalue weighted by Crippen LogP contribution is 2.40. The second kappa shape index (κ2) is 5.81. The largest absolute Gasteiger partial charge is 0.508 e. The van der Waals surface area contributed by atoms with Crippen molar-refractivity contribution in [3.05, 3.63) is 47.5 Å². The molecule has 3 rings (SSSR count). The number of phenolic OH excluding ortho intramolecular Hbond substituents is 2. The molecule has 0 aliphatic carbocycles. The first-order valence-electron chi connectivity index (χ1n) is 6.98. The fraction of sp³-hybridized carbons (Fsp3) is 0.235. The molecule has 2 aromatic carbocycles. The van der Waals surface area contributed by atoms with Gasteiger partial charge in [0.05, 0.1) is 12.7 Å². The van der Waals surface area contributed by atoms with Crippen molar-refractivity contribution in [2.24, 2.45) is 0 Å². The smallest absolute Gasteiger partial charge is 0.199 e. The first kappa shape index (κ1) is 15.2. The fourth-order valence-electron chi connectivity index (χ4n) is 2.66. The Hall–Kier alpha value is -2.73. The molecule has 2 unspecified atom stereocenters. The summed E-state index contributed by atoms with van der Waals surface area (Å²) in [6.45, 7) is 0. The molecule has 1 heterocycles. The summed E-state index contributed by atoms with van der Waals surface area (Å²) >= 11 is 0. The van der Waals surface area contributed by atoms with Gasteiger partial charge in [-0.25, -0.2) is 0 Å². The Labute approximate surface area is 132 Å². The Morgan fingerprint density at radius 1 is 1.09 bits per heavy atom. The van der Waals surface area contributed by atoms with Crippen LogP contribution in [0.3, 0.4) is 0 Å². The van der Waals surface area contributed by atoms with Crippen molar-refractivity contribution in [2.45, 2.75) is 12.2 Å². The van der Waals surface area contributed by atoms with Gasteiger partial charge in [-0.1, -0.05) is 6.07 Å². The molecule has 0 amide bonds. The molecule has 2 aromatic rings. The van der Waals surface area contributed by atoms with Crippen molar-refractivity contribution in [2.75, 3.05) is 14.2 Å². The second-order valence-corrected chi connectivity index (χ2v) is 5.17. The van der Waals surface area contributed by atoms with E-state index in [1.807, 2.05) is 0 Å². The first-order chi connectivity index (χ1) is 11.0. The summed E-state index contributed by atoms with van der Waals surface area (Å²) in [4.78, 5) is 12.6. The predicted molar refractivity (Wildman–Crippen MR) is 81.3 cm³/mol. The number of ether oxygens (including phenoxy) is 3. The summed E-state index contributed by atoms with van der Waals surface area (Å²) in [6.07, 6.45) is -1.58. The third kappa shape index (κ3) is 2.57. The number of fused-ring (bicyclic) bond motifs is 1. The van der Waals surface area contributed by atoms with Crippen LogP contribution in [0.1, 0.15) is 22.0 Å². The molecule has 1 aliphatic rings. The molecular weight excluding hydrogens is 300 g/mol. The van der Waals surface area contributed by atoms with Crippen LogP contribution in [0.2, 0.25) is 0 Å². The van der Waals surface area contributed by atoms with Crippen LogP contribution in [-0.2, 0) is 4.74 Å². The van der Waals surface area contributed by atoms with Crippen LogP contribution in [0.4, 0.5) is 0 Å². The minimum atomic E-state index is -0.847. The number of carbonyl (C=O) groups is 1. The molecular formula is C17H16O6. The molecule has 6 nitrogen and oxygen atoms in total. The van der Waals surface area contributed by atoms with Gasteiger partial charge >= 0.3 is 0 Å². The number of hydrogen-bond donors (Lipinski definition) is 2. The lowest BCUT2D eigenvalue weighted by molar-refractivity contribution is -0.000759.